The van der Waals surface area contributed by atoms with Gasteiger partial charge in [-0.25, -0.2) is 4.99 Å². The minimum atomic E-state index is 0.186. The molecular formula is C9H19N3. The Morgan fingerprint density at radius 3 is 2.08 bits per heavy atom. The van der Waals surface area contributed by atoms with Gasteiger partial charge in [-0.3, -0.25) is 0 Å². The molecule has 70 valence electrons. The van der Waals surface area contributed by atoms with Gasteiger partial charge in [-0.15, -0.1) is 0 Å². The summed E-state index contributed by atoms with van der Waals surface area (Å²) in [5, 5.41) is 0. The van der Waals surface area contributed by atoms with Crippen LogP contribution < -0.4 is 11.5 Å². The first kappa shape index (κ1) is 9.36. The molecule has 0 spiro atoms. The van der Waals surface area contributed by atoms with Gasteiger partial charge in [-0.2, -0.15) is 0 Å². The summed E-state index contributed by atoms with van der Waals surface area (Å²) >= 11 is 0. The Bertz CT molecular complexity index is 182. The molecule has 0 amide bonds. The minimum absolute atomic E-state index is 0.186. The zero-order valence-corrected chi connectivity index (χ0v) is 8.17. The van der Waals surface area contributed by atoms with Gasteiger partial charge in [0.25, 0.3) is 0 Å². The molecule has 0 aromatic rings. The smallest absolute Gasteiger partial charge is 0.186 e. The van der Waals surface area contributed by atoms with E-state index < -0.39 is 0 Å². The van der Waals surface area contributed by atoms with E-state index in [9.17, 15) is 0 Å². The molecule has 3 heteroatoms. The molecule has 1 saturated carbocycles. The fourth-order valence-corrected chi connectivity index (χ4v) is 1.58. The zero-order valence-electron chi connectivity index (χ0n) is 8.17. The number of guanidine groups is 1. The van der Waals surface area contributed by atoms with Crippen molar-refractivity contribution < 1.29 is 0 Å². The van der Waals surface area contributed by atoms with Crippen molar-refractivity contribution in [2.45, 2.75) is 39.7 Å². The van der Waals surface area contributed by atoms with E-state index in [1.165, 1.54) is 12.8 Å². The van der Waals surface area contributed by atoms with Crippen LogP contribution in [-0.2, 0) is 0 Å². The molecule has 0 aromatic heterocycles. The third-order valence-corrected chi connectivity index (χ3v) is 2.24. The lowest BCUT2D eigenvalue weighted by molar-refractivity contribution is 0.295. The largest absolute Gasteiger partial charge is 0.370 e. The van der Waals surface area contributed by atoms with E-state index in [1.54, 1.807) is 0 Å². The van der Waals surface area contributed by atoms with Crippen molar-refractivity contribution in [2.24, 2.45) is 27.8 Å². The van der Waals surface area contributed by atoms with E-state index in [0.717, 1.165) is 0 Å². The first-order valence-corrected chi connectivity index (χ1v) is 4.50. The third kappa shape index (κ3) is 2.40. The van der Waals surface area contributed by atoms with E-state index in [0.29, 0.717) is 12.0 Å². The highest BCUT2D eigenvalue weighted by Gasteiger charge is 2.38. The molecule has 4 N–H and O–H groups in total. The standard InChI is InChI=1S/C9H19N3/c1-9(2,3)7(6-4-5-6)12-8(10)11/h6-7H,4-5H2,1-3H3,(H4,10,11,12). The van der Waals surface area contributed by atoms with Crippen molar-refractivity contribution in [1.29, 1.82) is 0 Å². The van der Waals surface area contributed by atoms with E-state index in [1.807, 2.05) is 0 Å². The topological polar surface area (TPSA) is 64.4 Å². The van der Waals surface area contributed by atoms with Crippen molar-refractivity contribution in [1.82, 2.24) is 0 Å². The Hall–Kier alpha value is -0.730. The third-order valence-electron chi connectivity index (χ3n) is 2.24. The summed E-state index contributed by atoms with van der Waals surface area (Å²) in [4.78, 5) is 4.28. The van der Waals surface area contributed by atoms with Crippen molar-refractivity contribution in [3.05, 3.63) is 0 Å². The van der Waals surface area contributed by atoms with Gasteiger partial charge in [0.05, 0.1) is 6.04 Å². The molecule has 1 rings (SSSR count). The number of hydrogen-bond acceptors (Lipinski definition) is 1. The molecule has 0 saturated heterocycles. The molecule has 1 unspecified atom stereocenters. The van der Waals surface area contributed by atoms with E-state index >= 15 is 0 Å². The maximum absolute atomic E-state index is 5.38. The summed E-state index contributed by atoms with van der Waals surface area (Å²) in [7, 11) is 0. The fraction of sp³-hybridized carbons (Fsp3) is 0.889. The van der Waals surface area contributed by atoms with Crippen molar-refractivity contribution in [3.63, 3.8) is 0 Å². The Morgan fingerprint density at radius 2 is 1.83 bits per heavy atom. The first-order chi connectivity index (χ1) is 5.41. The summed E-state index contributed by atoms with van der Waals surface area (Å²) in [5.74, 6) is 0.939. The van der Waals surface area contributed by atoms with Crippen LogP contribution in [0.5, 0.6) is 0 Å². The Morgan fingerprint density at radius 1 is 1.33 bits per heavy atom. The average molecular weight is 169 g/mol. The first-order valence-electron chi connectivity index (χ1n) is 4.50. The van der Waals surface area contributed by atoms with Gasteiger partial charge < -0.3 is 11.5 Å². The van der Waals surface area contributed by atoms with Crippen LogP contribution in [-0.4, -0.2) is 12.0 Å². The number of nitrogens with zero attached hydrogens (tertiary/aromatic N) is 1. The van der Waals surface area contributed by atoms with Gasteiger partial charge >= 0.3 is 0 Å². The van der Waals surface area contributed by atoms with Crippen LogP contribution in [0.1, 0.15) is 33.6 Å². The van der Waals surface area contributed by atoms with Crippen LogP contribution in [0.4, 0.5) is 0 Å². The highest BCUT2D eigenvalue weighted by atomic mass is 15.0. The SMILES string of the molecule is CC(C)(C)C(N=C(N)N)C1CC1. The van der Waals surface area contributed by atoms with E-state index in [-0.39, 0.29) is 11.4 Å². The normalized spacial score (nSPS) is 20.2. The molecule has 0 aliphatic heterocycles. The number of nitrogens with two attached hydrogens (primary N) is 2. The predicted octanol–water partition coefficient (Wildman–Crippen LogP) is 1.08. The van der Waals surface area contributed by atoms with E-state index in [2.05, 4.69) is 25.8 Å². The van der Waals surface area contributed by atoms with Gasteiger partial charge in [0.1, 0.15) is 0 Å². The lowest BCUT2D eigenvalue weighted by atomic mass is 9.84. The van der Waals surface area contributed by atoms with E-state index in [4.69, 9.17) is 11.5 Å². The Balaban J connectivity index is 2.68. The van der Waals surface area contributed by atoms with Gasteiger partial charge in [0.2, 0.25) is 0 Å². The monoisotopic (exact) mass is 169 g/mol. The van der Waals surface area contributed by atoms with Crippen LogP contribution in [0.25, 0.3) is 0 Å². The number of aliphatic imine (C=N–C) groups is 1. The highest BCUT2D eigenvalue weighted by molar-refractivity contribution is 5.76. The number of rotatable bonds is 2. The Labute approximate surface area is 74.2 Å². The van der Waals surface area contributed by atoms with Gasteiger partial charge in [0.15, 0.2) is 5.96 Å². The summed E-state index contributed by atoms with van der Waals surface area (Å²) < 4.78 is 0. The van der Waals surface area contributed by atoms with Crippen molar-refractivity contribution >= 4 is 5.96 Å². The van der Waals surface area contributed by atoms with Crippen LogP contribution in [0.3, 0.4) is 0 Å². The van der Waals surface area contributed by atoms with Gasteiger partial charge in [-0.1, -0.05) is 20.8 Å². The predicted molar refractivity (Wildman–Crippen MR) is 51.8 cm³/mol. The molecule has 0 aromatic carbocycles. The van der Waals surface area contributed by atoms with Crippen molar-refractivity contribution in [3.8, 4) is 0 Å². The summed E-state index contributed by atoms with van der Waals surface area (Å²) in [6.07, 6.45) is 2.55. The summed E-state index contributed by atoms with van der Waals surface area (Å²) in [6.45, 7) is 6.55. The Kier molecular flexibility index (Phi) is 2.31. The second kappa shape index (κ2) is 2.96. The quantitative estimate of drug-likeness (QED) is 0.480. The van der Waals surface area contributed by atoms with Gasteiger partial charge in [0, 0.05) is 0 Å². The summed E-state index contributed by atoms with van der Waals surface area (Å²) in [6, 6.07) is 0.308. The fourth-order valence-electron chi connectivity index (χ4n) is 1.58. The molecule has 0 heterocycles. The van der Waals surface area contributed by atoms with Crippen LogP contribution in [0, 0.1) is 11.3 Å². The molecule has 1 aliphatic rings. The maximum Gasteiger partial charge on any atom is 0.186 e. The highest BCUT2D eigenvalue weighted by Crippen LogP contribution is 2.42. The molecule has 0 radical (unpaired) electrons. The molecule has 12 heavy (non-hydrogen) atoms. The lowest BCUT2D eigenvalue weighted by Gasteiger charge is -2.27. The average Bonchev–Trinajstić information content (AvgIpc) is 2.60. The maximum atomic E-state index is 5.38. The van der Waals surface area contributed by atoms with Crippen LogP contribution in [0.15, 0.2) is 4.99 Å². The molecule has 0 bridgehead atoms. The molecule has 1 aliphatic carbocycles. The zero-order chi connectivity index (χ0) is 9.35. The molecule has 1 atom stereocenters. The van der Waals surface area contributed by atoms with Gasteiger partial charge in [-0.05, 0) is 24.2 Å². The second-order valence-electron chi connectivity index (χ2n) is 4.70. The number of hydrogen-bond donors (Lipinski definition) is 2. The van der Waals surface area contributed by atoms with Crippen molar-refractivity contribution in [2.75, 3.05) is 0 Å². The second-order valence-corrected chi connectivity index (χ2v) is 4.70. The van der Waals surface area contributed by atoms with Crippen LogP contribution in [0.2, 0.25) is 0 Å². The van der Waals surface area contributed by atoms with Crippen LogP contribution >= 0.6 is 0 Å². The summed E-state index contributed by atoms with van der Waals surface area (Å²) in [5.41, 5.74) is 11.0. The molecular weight excluding hydrogens is 150 g/mol. The minimum Gasteiger partial charge on any atom is -0.370 e. The lowest BCUT2D eigenvalue weighted by Crippen LogP contribution is -2.32. The molecule has 3 nitrogen and oxygen atoms in total. The molecule has 1 fully saturated rings.